The molecular weight excluding hydrogens is 297 g/mol. The lowest BCUT2D eigenvalue weighted by molar-refractivity contribution is 0.102. The van der Waals surface area contributed by atoms with Crippen molar-refractivity contribution in [2.75, 3.05) is 5.32 Å². The molecule has 6 nitrogen and oxygen atoms in total. The fourth-order valence-electron chi connectivity index (χ4n) is 2.07. The highest BCUT2D eigenvalue weighted by Crippen LogP contribution is 2.14. The molecule has 3 rings (SSSR count). The van der Waals surface area contributed by atoms with Gasteiger partial charge in [0, 0.05) is 18.0 Å². The minimum absolute atomic E-state index is 0.0384. The molecule has 2 aromatic heterocycles. The molecule has 0 saturated heterocycles. The van der Waals surface area contributed by atoms with Gasteiger partial charge in [-0.1, -0.05) is 19.1 Å². The second-order valence-electron chi connectivity index (χ2n) is 4.76. The zero-order valence-electron chi connectivity index (χ0n) is 12.4. The van der Waals surface area contributed by atoms with Gasteiger partial charge in [-0.15, -0.1) is 0 Å². The van der Waals surface area contributed by atoms with E-state index in [9.17, 15) is 9.18 Å². The third-order valence-electron chi connectivity index (χ3n) is 3.26. The summed E-state index contributed by atoms with van der Waals surface area (Å²) in [6.07, 6.45) is 3.90. The van der Waals surface area contributed by atoms with E-state index in [1.807, 2.05) is 13.0 Å². The summed E-state index contributed by atoms with van der Waals surface area (Å²) < 4.78 is 15.1. The number of nitrogens with zero attached hydrogens (tertiary/aromatic N) is 4. The highest BCUT2D eigenvalue weighted by Gasteiger charge is 2.15. The molecule has 7 heteroatoms. The maximum absolute atomic E-state index is 13.7. The van der Waals surface area contributed by atoms with E-state index in [1.54, 1.807) is 18.3 Å². The number of anilines is 1. The summed E-state index contributed by atoms with van der Waals surface area (Å²) in [5.41, 5.74) is 0.820. The van der Waals surface area contributed by atoms with Crippen LogP contribution >= 0.6 is 0 Å². The fourth-order valence-corrected chi connectivity index (χ4v) is 2.07. The zero-order valence-corrected chi connectivity index (χ0v) is 12.4. The molecule has 1 aromatic carbocycles. The van der Waals surface area contributed by atoms with Crippen molar-refractivity contribution in [2.45, 2.75) is 13.3 Å². The molecule has 0 spiro atoms. The van der Waals surface area contributed by atoms with Crippen LogP contribution in [-0.4, -0.2) is 25.7 Å². The van der Waals surface area contributed by atoms with Gasteiger partial charge in [-0.25, -0.2) is 14.4 Å². The maximum Gasteiger partial charge on any atom is 0.259 e. The van der Waals surface area contributed by atoms with Gasteiger partial charge in [-0.05, 0) is 24.6 Å². The van der Waals surface area contributed by atoms with Crippen molar-refractivity contribution in [3.63, 3.8) is 0 Å². The van der Waals surface area contributed by atoms with E-state index in [-0.39, 0.29) is 5.56 Å². The summed E-state index contributed by atoms with van der Waals surface area (Å²) in [5.74, 6) is -0.429. The van der Waals surface area contributed by atoms with Gasteiger partial charge in [0.1, 0.15) is 11.6 Å². The molecule has 3 aromatic rings. The number of carbonyl (C=O) groups is 1. The first-order chi connectivity index (χ1) is 11.2. The summed E-state index contributed by atoms with van der Waals surface area (Å²) in [7, 11) is 0. The molecule has 0 radical (unpaired) electrons. The number of carbonyl (C=O) groups excluding carboxylic acids is 1. The molecular formula is C16H14FN5O. The molecule has 23 heavy (non-hydrogen) atoms. The van der Waals surface area contributed by atoms with Crippen LogP contribution in [-0.2, 0) is 6.42 Å². The summed E-state index contributed by atoms with van der Waals surface area (Å²) >= 11 is 0. The minimum atomic E-state index is -0.583. The highest BCUT2D eigenvalue weighted by molar-refractivity contribution is 6.04. The number of hydrogen-bond donors (Lipinski definition) is 1. The van der Waals surface area contributed by atoms with E-state index in [4.69, 9.17) is 0 Å². The third kappa shape index (κ3) is 3.08. The average molecular weight is 311 g/mol. The predicted molar refractivity (Wildman–Crippen MR) is 82.9 cm³/mol. The van der Waals surface area contributed by atoms with Gasteiger partial charge in [0.05, 0.1) is 11.8 Å². The molecule has 0 aliphatic heterocycles. The molecule has 0 unspecified atom stereocenters. The predicted octanol–water partition coefficient (Wildman–Crippen LogP) is 2.62. The van der Waals surface area contributed by atoms with E-state index < -0.39 is 11.7 Å². The lowest BCUT2D eigenvalue weighted by Gasteiger charge is -2.08. The maximum atomic E-state index is 13.7. The van der Waals surface area contributed by atoms with E-state index in [0.29, 0.717) is 11.8 Å². The first kappa shape index (κ1) is 14.8. The Morgan fingerprint density at radius 1 is 1.22 bits per heavy atom. The summed E-state index contributed by atoms with van der Waals surface area (Å²) in [6.45, 7) is 1.98. The van der Waals surface area contributed by atoms with Crippen molar-refractivity contribution >= 4 is 11.7 Å². The van der Waals surface area contributed by atoms with Gasteiger partial charge in [0.15, 0.2) is 0 Å². The SMILES string of the molecule is CCc1ccnc(-n2nccc2NC(=O)c2ccccc2F)n1. The number of amides is 1. The number of aromatic nitrogens is 4. The van der Waals surface area contributed by atoms with Crippen LogP contribution in [0.5, 0.6) is 0 Å². The lowest BCUT2D eigenvalue weighted by atomic mass is 10.2. The molecule has 1 amide bonds. The monoisotopic (exact) mass is 311 g/mol. The van der Waals surface area contributed by atoms with Crippen molar-refractivity contribution < 1.29 is 9.18 Å². The zero-order chi connectivity index (χ0) is 16.2. The van der Waals surface area contributed by atoms with Crippen molar-refractivity contribution in [3.05, 3.63) is 65.9 Å². The molecule has 0 saturated carbocycles. The average Bonchev–Trinajstić information content (AvgIpc) is 3.03. The Labute approximate surface area is 132 Å². The van der Waals surface area contributed by atoms with Crippen LogP contribution in [0.1, 0.15) is 23.0 Å². The standard InChI is InChI=1S/C16H14FN5O/c1-2-11-7-9-18-16(20-11)22-14(8-10-19-22)21-15(23)12-5-3-4-6-13(12)17/h3-10H,2H2,1H3,(H,21,23). The Morgan fingerprint density at radius 2 is 2.04 bits per heavy atom. The Hall–Kier alpha value is -3.09. The second-order valence-corrected chi connectivity index (χ2v) is 4.76. The Balaban J connectivity index is 1.89. The van der Waals surface area contributed by atoms with E-state index in [1.165, 1.54) is 29.1 Å². The van der Waals surface area contributed by atoms with Crippen LogP contribution in [0.15, 0.2) is 48.8 Å². The lowest BCUT2D eigenvalue weighted by Crippen LogP contribution is -2.17. The first-order valence-electron chi connectivity index (χ1n) is 7.11. The smallest absolute Gasteiger partial charge is 0.259 e. The van der Waals surface area contributed by atoms with Gasteiger partial charge in [0.2, 0.25) is 0 Å². The third-order valence-corrected chi connectivity index (χ3v) is 3.26. The van der Waals surface area contributed by atoms with Crippen LogP contribution < -0.4 is 5.32 Å². The first-order valence-corrected chi connectivity index (χ1v) is 7.11. The van der Waals surface area contributed by atoms with Gasteiger partial charge in [-0.2, -0.15) is 9.78 Å². The van der Waals surface area contributed by atoms with Crippen LogP contribution in [0.3, 0.4) is 0 Å². The van der Waals surface area contributed by atoms with E-state index in [2.05, 4.69) is 20.4 Å². The number of benzene rings is 1. The molecule has 0 aliphatic rings. The molecule has 0 aliphatic carbocycles. The Kier molecular flexibility index (Phi) is 4.09. The second kappa shape index (κ2) is 6.35. The van der Waals surface area contributed by atoms with Crippen LogP contribution in [0.4, 0.5) is 10.2 Å². The summed E-state index contributed by atoms with van der Waals surface area (Å²) in [4.78, 5) is 20.7. The molecule has 0 fully saturated rings. The highest BCUT2D eigenvalue weighted by atomic mass is 19.1. The molecule has 0 bridgehead atoms. The molecule has 0 atom stereocenters. The van der Waals surface area contributed by atoms with Gasteiger partial charge < -0.3 is 5.32 Å². The topological polar surface area (TPSA) is 72.7 Å². The van der Waals surface area contributed by atoms with E-state index >= 15 is 0 Å². The fraction of sp³-hybridized carbons (Fsp3) is 0.125. The number of hydrogen-bond acceptors (Lipinski definition) is 4. The van der Waals surface area contributed by atoms with Crippen LogP contribution in [0.2, 0.25) is 0 Å². The number of nitrogens with one attached hydrogen (secondary N) is 1. The molecule has 2 heterocycles. The summed E-state index contributed by atoms with van der Waals surface area (Å²) in [6, 6.07) is 9.19. The van der Waals surface area contributed by atoms with Gasteiger partial charge in [-0.3, -0.25) is 4.79 Å². The normalized spacial score (nSPS) is 10.5. The molecule has 116 valence electrons. The minimum Gasteiger partial charge on any atom is -0.306 e. The Bertz CT molecular complexity index is 846. The van der Waals surface area contributed by atoms with Crippen molar-refractivity contribution in [3.8, 4) is 5.95 Å². The van der Waals surface area contributed by atoms with Gasteiger partial charge >= 0.3 is 0 Å². The van der Waals surface area contributed by atoms with Crippen molar-refractivity contribution in [1.82, 2.24) is 19.7 Å². The number of aryl methyl sites for hydroxylation is 1. The van der Waals surface area contributed by atoms with Gasteiger partial charge in [0.25, 0.3) is 11.9 Å². The van der Waals surface area contributed by atoms with Crippen molar-refractivity contribution in [2.24, 2.45) is 0 Å². The number of halogens is 1. The largest absolute Gasteiger partial charge is 0.306 e. The van der Waals surface area contributed by atoms with Crippen molar-refractivity contribution in [1.29, 1.82) is 0 Å². The Morgan fingerprint density at radius 3 is 2.83 bits per heavy atom. The molecule has 1 N–H and O–H groups in total. The van der Waals surface area contributed by atoms with Crippen LogP contribution in [0.25, 0.3) is 5.95 Å². The number of rotatable bonds is 4. The van der Waals surface area contributed by atoms with E-state index in [0.717, 1.165) is 12.1 Å². The quantitative estimate of drug-likeness (QED) is 0.804. The summed E-state index contributed by atoms with van der Waals surface area (Å²) in [5, 5.41) is 6.74. The van der Waals surface area contributed by atoms with Crippen LogP contribution in [0, 0.1) is 5.82 Å².